The van der Waals surface area contributed by atoms with E-state index in [0.29, 0.717) is 6.54 Å². The summed E-state index contributed by atoms with van der Waals surface area (Å²) < 4.78 is 1.12. The van der Waals surface area contributed by atoms with E-state index in [0.717, 1.165) is 23.5 Å². The minimum atomic E-state index is 0.628. The molecular formula is C14H20BrN3. The van der Waals surface area contributed by atoms with Gasteiger partial charge in [0.15, 0.2) is 5.96 Å². The molecule has 0 spiro atoms. The van der Waals surface area contributed by atoms with Gasteiger partial charge in [-0.25, -0.2) is 4.99 Å². The van der Waals surface area contributed by atoms with Crippen molar-refractivity contribution in [3.8, 4) is 0 Å². The summed E-state index contributed by atoms with van der Waals surface area (Å²) in [4.78, 5) is 6.56. The number of hydrogen-bond donors (Lipinski definition) is 1. The molecule has 0 unspecified atom stereocenters. The van der Waals surface area contributed by atoms with Crippen LogP contribution in [-0.4, -0.2) is 31.0 Å². The van der Waals surface area contributed by atoms with Crippen molar-refractivity contribution in [1.82, 2.24) is 10.2 Å². The Morgan fingerprint density at radius 2 is 2.22 bits per heavy atom. The van der Waals surface area contributed by atoms with Crippen molar-refractivity contribution in [1.29, 1.82) is 0 Å². The quantitative estimate of drug-likeness (QED) is 0.514. The molecule has 0 atom stereocenters. The first-order valence-electron chi connectivity index (χ1n) is 6.02. The zero-order chi connectivity index (χ0) is 13.4. The first kappa shape index (κ1) is 14.8. The number of guanidine groups is 1. The van der Waals surface area contributed by atoms with E-state index in [9.17, 15) is 0 Å². The van der Waals surface area contributed by atoms with Crippen molar-refractivity contribution >= 4 is 21.9 Å². The van der Waals surface area contributed by atoms with Gasteiger partial charge in [-0.05, 0) is 18.6 Å². The van der Waals surface area contributed by atoms with Gasteiger partial charge in [0, 0.05) is 24.6 Å². The fourth-order valence-corrected chi connectivity index (χ4v) is 1.99. The molecule has 0 heterocycles. The molecule has 1 aromatic rings. The van der Waals surface area contributed by atoms with E-state index in [4.69, 9.17) is 0 Å². The number of nitrogens with zero attached hydrogens (tertiary/aromatic N) is 2. The maximum absolute atomic E-state index is 4.46. The van der Waals surface area contributed by atoms with Crippen LogP contribution in [0, 0.1) is 0 Å². The molecule has 98 valence electrons. The van der Waals surface area contributed by atoms with E-state index >= 15 is 0 Å². The molecule has 0 saturated carbocycles. The van der Waals surface area contributed by atoms with Crippen LogP contribution in [-0.2, 0) is 6.54 Å². The van der Waals surface area contributed by atoms with Gasteiger partial charge < -0.3 is 10.2 Å². The van der Waals surface area contributed by atoms with Gasteiger partial charge >= 0.3 is 0 Å². The third-order valence-corrected chi connectivity index (χ3v) is 3.21. The summed E-state index contributed by atoms with van der Waals surface area (Å²) in [5, 5.41) is 3.27. The number of halogens is 1. The van der Waals surface area contributed by atoms with Gasteiger partial charge in [0.1, 0.15) is 0 Å². The van der Waals surface area contributed by atoms with Crippen molar-refractivity contribution in [2.45, 2.75) is 13.5 Å². The highest BCUT2D eigenvalue weighted by Crippen LogP contribution is 2.17. The molecule has 1 rings (SSSR count). The first-order chi connectivity index (χ1) is 8.69. The van der Waals surface area contributed by atoms with Gasteiger partial charge in [-0.2, -0.15) is 0 Å². The summed E-state index contributed by atoms with van der Waals surface area (Å²) in [6.07, 6.45) is 1.80. The zero-order valence-electron chi connectivity index (χ0n) is 11.0. The summed E-state index contributed by atoms with van der Waals surface area (Å²) in [6, 6.07) is 8.22. The maximum Gasteiger partial charge on any atom is 0.194 e. The van der Waals surface area contributed by atoms with Crippen molar-refractivity contribution in [3.63, 3.8) is 0 Å². The van der Waals surface area contributed by atoms with Gasteiger partial charge in [-0.3, -0.25) is 0 Å². The SMILES string of the molecule is C=CCN=C(NCC)N(C)Cc1ccccc1Br. The van der Waals surface area contributed by atoms with E-state index in [1.807, 2.05) is 19.2 Å². The van der Waals surface area contributed by atoms with Crippen LogP contribution in [0.4, 0.5) is 0 Å². The number of hydrogen-bond acceptors (Lipinski definition) is 1. The molecule has 4 heteroatoms. The van der Waals surface area contributed by atoms with Gasteiger partial charge in [0.25, 0.3) is 0 Å². The maximum atomic E-state index is 4.46. The summed E-state index contributed by atoms with van der Waals surface area (Å²) in [7, 11) is 2.03. The monoisotopic (exact) mass is 309 g/mol. The van der Waals surface area contributed by atoms with E-state index in [-0.39, 0.29) is 0 Å². The Hall–Kier alpha value is -1.29. The van der Waals surface area contributed by atoms with Crippen LogP contribution >= 0.6 is 15.9 Å². The van der Waals surface area contributed by atoms with Crippen LogP contribution in [0.2, 0.25) is 0 Å². The van der Waals surface area contributed by atoms with Gasteiger partial charge in [0.2, 0.25) is 0 Å². The van der Waals surface area contributed by atoms with Crippen LogP contribution in [0.3, 0.4) is 0 Å². The van der Waals surface area contributed by atoms with Crippen LogP contribution in [0.15, 0.2) is 46.4 Å². The average Bonchev–Trinajstić information content (AvgIpc) is 2.37. The van der Waals surface area contributed by atoms with Crippen LogP contribution in [0.1, 0.15) is 12.5 Å². The Kier molecular flexibility index (Phi) is 6.50. The Labute approximate surface area is 118 Å². The molecule has 0 amide bonds. The van der Waals surface area contributed by atoms with Gasteiger partial charge in [-0.1, -0.05) is 40.2 Å². The van der Waals surface area contributed by atoms with Gasteiger partial charge in [0.05, 0.1) is 6.54 Å². The molecule has 18 heavy (non-hydrogen) atoms. The van der Waals surface area contributed by atoms with E-state index < -0.39 is 0 Å². The Morgan fingerprint density at radius 1 is 1.50 bits per heavy atom. The number of aliphatic imine (C=N–C) groups is 1. The average molecular weight is 310 g/mol. The second-order valence-electron chi connectivity index (χ2n) is 3.93. The molecule has 0 radical (unpaired) electrons. The molecule has 0 aliphatic heterocycles. The van der Waals surface area contributed by atoms with Crippen molar-refractivity contribution in [2.24, 2.45) is 4.99 Å². The van der Waals surface area contributed by atoms with Gasteiger partial charge in [-0.15, -0.1) is 6.58 Å². The highest BCUT2D eigenvalue weighted by molar-refractivity contribution is 9.10. The standard InChI is InChI=1S/C14H20BrN3/c1-4-10-17-14(16-5-2)18(3)11-12-8-6-7-9-13(12)15/h4,6-9H,1,5,10-11H2,2-3H3,(H,16,17). The molecule has 1 N–H and O–H groups in total. The highest BCUT2D eigenvalue weighted by atomic mass is 79.9. The van der Waals surface area contributed by atoms with Crippen molar-refractivity contribution in [3.05, 3.63) is 47.0 Å². The fourth-order valence-electron chi connectivity index (χ4n) is 1.58. The van der Waals surface area contributed by atoms with Crippen LogP contribution in [0.25, 0.3) is 0 Å². The van der Waals surface area contributed by atoms with Crippen molar-refractivity contribution < 1.29 is 0 Å². The lowest BCUT2D eigenvalue weighted by atomic mass is 10.2. The summed E-state index contributed by atoms with van der Waals surface area (Å²) >= 11 is 3.56. The van der Waals surface area contributed by atoms with E-state index in [2.05, 4.69) is 56.8 Å². The number of benzene rings is 1. The van der Waals surface area contributed by atoms with Crippen molar-refractivity contribution in [2.75, 3.05) is 20.1 Å². The second kappa shape index (κ2) is 7.93. The van der Waals surface area contributed by atoms with E-state index in [1.54, 1.807) is 6.08 Å². The van der Waals surface area contributed by atoms with Crippen LogP contribution < -0.4 is 5.32 Å². The second-order valence-corrected chi connectivity index (χ2v) is 4.79. The highest BCUT2D eigenvalue weighted by Gasteiger charge is 2.07. The smallest absolute Gasteiger partial charge is 0.194 e. The zero-order valence-corrected chi connectivity index (χ0v) is 12.6. The molecule has 0 aromatic heterocycles. The summed E-state index contributed by atoms with van der Waals surface area (Å²) in [5.74, 6) is 0.896. The summed E-state index contributed by atoms with van der Waals surface area (Å²) in [6.45, 7) is 8.05. The molecule has 0 fully saturated rings. The Bertz CT molecular complexity index is 415. The van der Waals surface area contributed by atoms with Crippen LogP contribution in [0.5, 0.6) is 0 Å². The number of rotatable bonds is 5. The number of nitrogens with one attached hydrogen (secondary N) is 1. The Balaban J connectivity index is 2.75. The lowest BCUT2D eigenvalue weighted by Gasteiger charge is -2.22. The largest absolute Gasteiger partial charge is 0.357 e. The molecule has 0 saturated heterocycles. The minimum absolute atomic E-state index is 0.628. The molecule has 3 nitrogen and oxygen atoms in total. The lowest BCUT2D eigenvalue weighted by Crippen LogP contribution is -2.38. The molecule has 0 aliphatic rings. The lowest BCUT2D eigenvalue weighted by molar-refractivity contribution is 0.477. The predicted octanol–water partition coefficient (Wildman–Crippen LogP) is 3.03. The fraction of sp³-hybridized carbons (Fsp3) is 0.357. The summed E-state index contributed by atoms with van der Waals surface area (Å²) in [5.41, 5.74) is 1.24. The molecule has 0 bridgehead atoms. The topological polar surface area (TPSA) is 27.6 Å². The third kappa shape index (κ3) is 4.53. The Morgan fingerprint density at radius 3 is 2.83 bits per heavy atom. The third-order valence-electron chi connectivity index (χ3n) is 2.43. The predicted molar refractivity (Wildman–Crippen MR) is 81.8 cm³/mol. The molecule has 0 aliphatic carbocycles. The molecule has 1 aromatic carbocycles. The first-order valence-corrected chi connectivity index (χ1v) is 6.82. The normalized spacial score (nSPS) is 11.2. The minimum Gasteiger partial charge on any atom is -0.357 e. The van der Waals surface area contributed by atoms with E-state index in [1.165, 1.54) is 5.56 Å². The molecular weight excluding hydrogens is 290 g/mol.